The Morgan fingerprint density at radius 3 is 2.62 bits per heavy atom. The first-order valence-corrected chi connectivity index (χ1v) is 4.96. The second-order valence-electron chi connectivity index (χ2n) is 3.96. The summed E-state index contributed by atoms with van der Waals surface area (Å²) in [5, 5.41) is 3.36. The Kier molecular flexibility index (Phi) is 3.72. The Balaban J connectivity index is 2.13. The van der Waals surface area contributed by atoms with E-state index in [2.05, 4.69) is 17.0 Å². The largest absolute Gasteiger partial charge is 0.469 e. The Morgan fingerprint density at radius 1 is 1.54 bits per heavy atom. The molecule has 0 aromatic heterocycles. The van der Waals surface area contributed by atoms with Crippen LogP contribution in [0.3, 0.4) is 0 Å². The summed E-state index contributed by atoms with van der Waals surface area (Å²) in [7, 11) is 1.43. The van der Waals surface area contributed by atoms with Gasteiger partial charge in [0.25, 0.3) is 0 Å². The maximum atomic E-state index is 11.0. The summed E-state index contributed by atoms with van der Waals surface area (Å²) >= 11 is 0. The molecule has 0 spiro atoms. The van der Waals surface area contributed by atoms with Crippen LogP contribution < -0.4 is 5.32 Å². The van der Waals surface area contributed by atoms with Gasteiger partial charge in [-0.25, -0.2) is 0 Å². The van der Waals surface area contributed by atoms with Crippen molar-refractivity contribution in [3.63, 3.8) is 0 Å². The van der Waals surface area contributed by atoms with E-state index in [4.69, 9.17) is 0 Å². The second-order valence-corrected chi connectivity index (χ2v) is 3.96. The molecular formula is C10H19NO2. The van der Waals surface area contributed by atoms with Gasteiger partial charge in [-0.1, -0.05) is 6.92 Å². The number of carbonyl (C=O) groups is 1. The number of nitrogens with one attached hydrogen (secondary N) is 1. The molecule has 0 aliphatic heterocycles. The number of carbonyl (C=O) groups excluding carboxylic acids is 1. The van der Waals surface area contributed by atoms with Gasteiger partial charge in [0.15, 0.2) is 0 Å². The molecule has 0 aromatic rings. The number of hydrogen-bond acceptors (Lipinski definition) is 3. The maximum absolute atomic E-state index is 11.0. The number of rotatable bonds is 5. The zero-order valence-electron chi connectivity index (χ0n) is 8.67. The minimum Gasteiger partial charge on any atom is -0.469 e. The van der Waals surface area contributed by atoms with Gasteiger partial charge in [0.05, 0.1) is 13.0 Å². The lowest BCUT2D eigenvalue weighted by Gasteiger charge is -2.15. The third kappa shape index (κ3) is 3.35. The van der Waals surface area contributed by atoms with Crippen molar-refractivity contribution in [3.8, 4) is 0 Å². The SMILES string of the molecule is COC(=O)C(C)CNC(C)C1CC1. The standard InChI is InChI=1S/C10H19NO2/c1-7(10(12)13-3)6-11-8(2)9-4-5-9/h7-9,11H,4-6H2,1-3H3. The number of ether oxygens (including phenoxy) is 1. The molecule has 2 atom stereocenters. The molecule has 13 heavy (non-hydrogen) atoms. The number of esters is 1. The van der Waals surface area contributed by atoms with Gasteiger partial charge in [0, 0.05) is 12.6 Å². The Hall–Kier alpha value is -0.570. The Labute approximate surface area is 79.8 Å². The summed E-state index contributed by atoms with van der Waals surface area (Å²) < 4.78 is 4.64. The fourth-order valence-electron chi connectivity index (χ4n) is 1.41. The normalized spacial score (nSPS) is 20.8. The van der Waals surface area contributed by atoms with Crippen molar-refractivity contribution in [2.75, 3.05) is 13.7 Å². The van der Waals surface area contributed by atoms with Crippen molar-refractivity contribution in [2.24, 2.45) is 11.8 Å². The minimum atomic E-state index is -0.129. The Morgan fingerprint density at radius 2 is 2.15 bits per heavy atom. The van der Waals surface area contributed by atoms with Gasteiger partial charge in [-0.2, -0.15) is 0 Å². The molecule has 0 saturated heterocycles. The predicted octanol–water partition coefficient (Wildman–Crippen LogP) is 1.18. The molecule has 0 bridgehead atoms. The van der Waals surface area contributed by atoms with Crippen LogP contribution >= 0.6 is 0 Å². The van der Waals surface area contributed by atoms with Crippen LogP contribution in [-0.4, -0.2) is 25.7 Å². The van der Waals surface area contributed by atoms with Gasteiger partial charge < -0.3 is 10.1 Å². The van der Waals surface area contributed by atoms with Crippen molar-refractivity contribution >= 4 is 5.97 Å². The van der Waals surface area contributed by atoms with Gasteiger partial charge in [0.1, 0.15) is 0 Å². The van der Waals surface area contributed by atoms with Crippen molar-refractivity contribution < 1.29 is 9.53 Å². The Bertz CT molecular complexity index is 178. The summed E-state index contributed by atoms with van der Waals surface area (Å²) in [6.07, 6.45) is 2.67. The molecule has 1 N–H and O–H groups in total. The van der Waals surface area contributed by atoms with Crippen LogP contribution in [0, 0.1) is 11.8 Å². The lowest BCUT2D eigenvalue weighted by Crippen LogP contribution is -2.34. The molecule has 0 heterocycles. The molecular weight excluding hydrogens is 166 g/mol. The van der Waals surface area contributed by atoms with Crippen molar-refractivity contribution in [2.45, 2.75) is 32.7 Å². The monoisotopic (exact) mass is 185 g/mol. The van der Waals surface area contributed by atoms with E-state index in [0.717, 1.165) is 12.5 Å². The molecule has 1 aliphatic rings. The van der Waals surface area contributed by atoms with Gasteiger partial charge in [0.2, 0.25) is 0 Å². The van der Waals surface area contributed by atoms with Crippen LogP contribution in [0.25, 0.3) is 0 Å². The zero-order chi connectivity index (χ0) is 9.84. The van der Waals surface area contributed by atoms with Crippen LogP contribution in [0.1, 0.15) is 26.7 Å². The van der Waals surface area contributed by atoms with Gasteiger partial charge >= 0.3 is 5.97 Å². The molecule has 0 amide bonds. The zero-order valence-corrected chi connectivity index (χ0v) is 8.67. The van der Waals surface area contributed by atoms with Gasteiger partial charge in [-0.3, -0.25) is 4.79 Å². The molecule has 1 fully saturated rings. The van der Waals surface area contributed by atoms with Gasteiger partial charge in [-0.05, 0) is 25.7 Å². The first kappa shape index (κ1) is 10.5. The van der Waals surface area contributed by atoms with E-state index in [-0.39, 0.29) is 11.9 Å². The van der Waals surface area contributed by atoms with E-state index in [0.29, 0.717) is 6.04 Å². The molecule has 3 heteroatoms. The second kappa shape index (κ2) is 4.61. The van der Waals surface area contributed by atoms with Crippen LogP contribution in [0.2, 0.25) is 0 Å². The molecule has 3 nitrogen and oxygen atoms in total. The van der Waals surface area contributed by atoms with E-state index in [1.807, 2.05) is 6.92 Å². The number of hydrogen-bond donors (Lipinski definition) is 1. The summed E-state index contributed by atoms with van der Waals surface area (Å²) in [6, 6.07) is 0.548. The van der Waals surface area contributed by atoms with Crippen LogP contribution in [0.5, 0.6) is 0 Å². The molecule has 1 aliphatic carbocycles. The molecule has 0 radical (unpaired) electrons. The average molecular weight is 185 g/mol. The highest BCUT2D eigenvalue weighted by Crippen LogP contribution is 2.32. The van der Waals surface area contributed by atoms with E-state index < -0.39 is 0 Å². The fourth-order valence-corrected chi connectivity index (χ4v) is 1.41. The smallest absolute Gasteiger partial charge is 0.309 e. The highest BCUT2D eigenvalue weighted by molar-refractivity contribution is 5.72. The first-order chi connectivity index (χ1) is 6.15. The fraction of sp³-hybridized carbons (Fsp3) is 0.900. The summed E-state index contributed by atoms with van der Waals surface area (Å²) in [5.41, 5.74) is 0. The average Bonchev–Trinajstić information content (AvgIpc) is 2.95. The summed E-state index contributed by atoms with van der Waals surface area (Å²) in [6.45, 7) is 4.80. The summed E-state index contributed by atoms with van der Waals surface area (Å²) in [5.74, 6) is 0.673. The quantitative estimate of drug-likeness (QED) is 0.654. The topological polar surface area (TPSA) is 38.3 Å². The van der Waals surface area contributed by atoms with E-state index >= 15 is 0 Å². The predicted molar refractivity (Wildman–Crippen MR) is 51.4 cm³/mol. The van der Waals surface area contributed by atoms with Crippen molar-refractivity contribution in [1.29, 1.82) is 0 Å². The molecule has 1 rings (SSSR count). The van der Waals surface area contributed by atoms with Crippen molar-refractivity contribution in [1.82, 2.24) is 5.32 Å². The highest BCUT2D eigenvalue weighted by Gasteiger charge is 2.28. The lowest BCUT2D eigenvalue weighted by molar-refractivity contribution is -0.144. The molecule has 76 valence electrons. The highest BCUT2D eigenvalue weighted by atomic mass is 16.5. The molecule has 1 saturated carbocycles. The van der Waals surface area contributed by atoms with E-state index in [1.165, 1.54) is 20.0 Å². The van der Waals surface area contributed by atoms with Gasteiger partial charge in [-0.15, -0.1) is 0 Å². The minimum absolute atomic E-state index is 0.0359. The summed E-state index contributed by atoms with van der Waals surface area (Å²) in [4.78, 5) is 11.0. The third-order valence-corrected chi connectivity index (χ3v) is 2.68. The van der Waals surface area contributed by atoms with Crippen LogP contribution in [0.4, 0.5) is 0 Å². The molecule has 0 aromatic carbocycles. The third-order valence-electron chi connectivity index (χ3n) is 2.68. The maximum Gasteiger partial charge on any atom is 0.309 e. The first-order valence-electron chi connectivity index (χ1n) is 4.96. The van der Waals surface area contributed by atoms with Crippen LogP contribution in [-0.2, 0) is 9.53 Å². The van der Waals surface area contributed by atoms with E-state index in [9.17, 15) is 4.79 Å². The van der Waals surface area contributed by atoms with Crippen LogP contribution in [0.15, 0.2) is 0 Å². The number of methoxy groups -OCH3 is 1. The van der Waals surface area contributed by atoms with E-state index in [1.54, 1.807) is 0 Å². The molecule has 2 unspecified atom stereocenters. The van der Waals surface area contributed by atoms with Crippen molar-refractivity contribution in [3.05, 3.63) is 0 Å². The lowest BCUT2D eigenvalue weighted by atomic mass is 10.1.